The van der Waals surface area contributed by atoms with Gasteiger partial charge in [-0.15, -0.1) is 0 Å². The number of nitrogens with zero attached hydrogens (tertiary/aromatic N) is 1. The summed E-state index contributed by atoms with van der Waals surface area (Å²) in [4.78, 5) is 7.54. The van der Waals surface area contributed by atoms with Gasteiger partial charge in [0, 0.05) is 11.4 Å². The Kier molecular flexibility index (Phi) is 5.17. The average Bonchev–Trinajstić information content (AvgIpc) is 2.86. The number of hydrogen-bond acceptors (Lipinski definition) is 3. The fraction of sp³-hybridized carbons (Fsp3) is 0.533. The molecule has 5 heteroatoms. The van der Waals surface area contributed by atoms with Crippen LogP contribution in [0.15, 0.2) is 23.4 Å². The molecular weight excluding hydrogens is 270 g/mol. The van der Waals surface area contributed by atoms with Gasteiger partial charge in [-0.1, -0.05) is 33.1 Å². The van der Waals surface area contributed by atoms with Crippen molar-refractivity contribution in [1.82, 2.24) is 9.97 Å². The number of nitrogens with one attached hydrogen (secondary N) is 1. The molecule has 0 aliphatic heterocycles. The van der Waals surface area contributed by atoms with Crippen molar-refractivity contribution in [3.63, 3.8) is 0 Å². The van der Waals surface area contributed by atoms with Crippen LogP contribution in [0.3, 0.4) is 0 Å². The van der Waals surface area contributed by atoms with Crippen LogP contribution in [0.25, 0.3) is 11.0 Å². The number of nitrogen functional groups attached to an aromatic ring is 1. The number of imidazole rings is 1. The van der Waals surface area contributed by atoms with Crippen molar-refractivity contribution < 1.29 is 4.21 Å². The van der Waals surface area contributed by atoms with Crippen LogP contribution in [-0.2, 0) is 10.8 Å². The van der Waals surface area contributed by atoms with Gasteiger partial charge in [-0.05, 0) is 30.5 Å². The monoisotopic (exact) mass is 293 g/mol. The van der Waals surface area contributed by atoms with Crippen molar-refractivity contribution in [3.05, 3.63) is 18.2 Å². The molecule has 1 heterocycles. The van der Waals surface area contributed by atoms with Gasteiger partial charge in [0.25, 0.3) is 0 Å². The van der Waals surface area contributed by atoms with Crippen LogP contribution >= 0.6 is 0 Å². The summed E-state index contributed by atoms with van der Waals surface area (Å²) in [6.07, 6.45) is 4.60. The molecule has 0 aliphatic rings. The Morgan fingerprint density at radius 2 is 2.20 bits per heavy atom. The molecule has 0 radical (unpaired) electrons. The van der Waals surface area contributed by atoms with Gasteiger partial charge in [0.05, 0.1) is 21.8 Å². The van der Waals surface area contributed by atoms with E-state index in [9.17, 15) is 4.21 Å². The first-order valence-corrected chi connectivity index (χ1v) is 8.59. The zero-order valence-corrected chi connectivity index (χ0v) is 13.0. The minimum atomic E-state index is -1.06. The third-order valence-electron chi connectivity index (χ3n) is 3.63. The summed E-state index contributed by atoms with van der Waals surface area (Å²) >= 11 is 0. The SMILES string of the molecule is CCCCC(CC)CS(=O)c1nc2ccc(N)cc2[nH]1. The molecule has 3 N–H and O–H groups in total. The molecule has 0 saturated heterocycles. The molecule has 20 heavy (non-hydrogen) atoms. The Hall–Kier alpha value is -1.36. The van der Waals surface area contributed by atoms with Gasteiger partial charge in [0.2, 0.25) is 0 Å². The molecule has 0 bridgehead atoms. The maximum atomic E-state index is 12.4. The Bertz CT molecular complexity index is 594. The lowest BCUT2D eigenvalue weighted by Crippen LogP contribution is -2.11. The lowest BCUT2D eigenvalue weighted by atomic mass is 10.0. The van der Waals surface area contributed by atoms with E-state index in [1.807, 2.05) is 18.2 Å². The number of benzene rings is 1. The van der Waals surface area contributed by atoms with Crippen LogP contribution in [0, 0.1) is 5.92 Å². The van der Waals surface area contributed by atoms with E-state index in [1.54, 1.807) is 0 Å². The number of unbranched alkanes of at least 4 members (excludes halogenated alkanes) is 1. The predicted molar refractivity (Wildman–Crippen MR) is 85.1 cm³/mol. The molecule has 2 unspecified atom stereocenters. The summed E-state index contributed by atoms with van der Waals surface area (Å²) in [6, 6.07) is 5.50. The smallest absolute Gasteiger partial charge is 0.197 e. The molecule has 1 aromatic heterocycles. The van der Waals surface area contributed by atoms with E-state index in [2.05, 4.69) is 23.8 Å². The summed E-state index contributed by atoms with van der Waals surface area (Å²) in [5, 5.41) is 0.570. The van der Waals surface area contributed by atoms with Crippen LogP contribution in [-0.4, -0.2) is 19.9 Å². The largest absolute Gasteiger partial charge is 0.399 e. The third kappa shape index (κ3) is 3.60. The Labute approximate surface area is 122 Å². The van der Waals surface area contributed by atoms with Crippen LogP contribution in [0.2, 0.25) is 0 Å². The predicted octanol–water partition coefficient (Wildman–Crippen LogP) is 3.47. The first-order valence-electron chi connectivity index (χ1n) is 7.27. The molecule has 0 spiro atoms. The summed E-state index contributed by atoms with van der Waals surface area (Å²) in [5.74, 6) is 1.19. The standard InChI is InChI=1S/C15H23N3OS/c1-3-5-6-11(4-2)10-20(19)15-17-13-8-7-12(16)9-14(13)18-15/h7-9,11H,3-6,10,16H2,1-2H3,(H,17,18). The zero-order chi connectivity index (χ0) is 14.5. The fourth-order valence-electron chi connectivity index (χ4n) is 2.30. The highest BCUT2D eigenvalue weighted by Crippen LogP contribution is 2.20. The van der Waals surface area contributed by atoms with Crippen molar-refractivity contribution >= 4 is 27.5 Å². The van der Waals surface area contributed by atoms with E-state index >= 15 is 0 Å². The van der Waals surface area contributed by atoms with Gasteiger partial charge < -0.3 is 10.7 Å². The average molecular weight is 293 g/mol. The number of hydrogen-bond donors (Lipinski definition) is 2. The van der Waals surface area contributed by atoms with Crippen molar-refractivity contribution in [1.29, 1.82) is 0 Å². The molecule has 0 amide bonds. The molecular formula is C15H23N3OS. The molecule has 1 aromatic carbocycles. The highest BCUT2D eigenvalue weighted by molar-refractivity contribution is 7.84. The van der Waals surface area contributed by atoms with E-state index in [1.165, 1.54) is 12.8 Å². The first-order chi connectivity index (χ1) is 9.63. The Morgan fingerprint density at radius 1 is 1.40 bits per heavy atom. The molecule has 110 valence electrons. The number of rotatable bonds is 7. The first kappa shape index (κ1) is 15.0. The molecule has 2 rings (SSSR count). The van der Waals surface area contributed by atoms with Gasteiger partial charge in [-0.25, -0.2) is 4.98 Å². The lowest BCUT2D eigenvalue weighted by molar-refractivity contribution is 0.493. The van der Waals surface area contributed by atoms with E-state index in [0.29, 0.717) is 22.5 Å². The molecule has 0 saturated carbocycles. The fourth-order valence-corrected chi connectivity index (χ4v) is 3.72. The number of nitrogens with two attached hydrogens (primary N) is 1. The minimum absolute atomic E-state index is 0.508. The maximum absolute atomic E-state index is 12.4. The molecule has 2 atom stereocenters. The summed E-state index contributed by atoms with van der Waals surface area (Å²) in [5.41, 5.74) is 8.11. The maximum Gasteiger partial charge on any atom is 0.197 e. The number of fused-ring (bicyclic) bond motifs is 1. The quantitative estimate of drug-likeness (QED) is 0.768. The molecule has 2 aromatic rings. The minimum Gasteiger partial charge on any atom is -0.399 e. The highest BCUT2D eigenvalue weighted by atomic mass is 32.2. The Balaban J connectivity index is 2.10. The molecule has 0 aliphatic carbocycles. The number of aromatic amines is 1. The number of aromatic nitrogens is 2. The van der Waals surface area contributed by atoms with Crippen molar-refractivity contribution in [2.75, 3.05) is 11.5 Å². The van der Waals surface area contributed by atoms with E-state index in [0.717, 1.165) is 23.9 Å². The second-order valence-electron chi connectivity index (χ2n) is 5.25. The second kappa shape index (κ2) is 6.88. The number of H-pyrrole nitrogens is 1. The highest BCUT2D eigenvalue weighted by Gasteiger charge is 2.15. The topological polar surface area (TPSA) is 71.8 Å². The number of anilines is 1. The van der Waals surface area contributed by atoms with Crippen LogP contribution < -0.4 is 5.73 Å². The summed E-state index contributed by atoms with van der Waals surface area (Å²) < 4.78 is 12.4. The van der Waals surface area contributed by atoms with E-state index < -0.39 is 10.8 Å². The lowest BCUT2D eigenvalue weighted by Gasteiger charge is -2.12. The summed E-state index contributed by atoms with van der Waals surface area (Å²) in [6.45, 7) is 4.35. The Morgan fingerprint density at radius 3 is 2.90 bits per heavy atom. The third-order valence-corrected chi connectivity index (χ3v) is 5.03. The normalized spacial score (nSPS) is 14.5. The van der Waals surface area contributed by atoms with Crippen molar-refractivity contribution in [3.8, 4) is 0 Å². The zero-order valence-electron chi connectivity index (χ0n) is 12.2. The van der Waals surface area contributed by atoms with Crippen molar-refractivity contribution in [2.24, 2.45) is 5.92 Å². The summed E-state index contributed by atoms with van der Waals surface area (Å²) in [7, 11) is -1.06. The van der Waals surface area contributed by atoms with Gasteiger partial charge >= 0.3 is 0 Å². The second-order valence-corrected chi connectivity index (χ2v) is 6.66. The van der Waals surface area contributed by atoms with Crippen LogP contribution in [0.4, 0.5) is 5.69 Å². The van der Waals surface area contributed by atoms with Gasteiger partial charge in [0.1, 0.15) is 0 Å². The van der Waals surface area contributed by atoms with Crippen LogP contribution in [0.5, 0.6) is 0 Å². The van der Waals surface area contributed by atoms with Crippen LogP contribution in [0.1, 0.15) is 39.5 Å². The van der Waals surface area contributed by atoms with Gasteiger partial charge in [-0.2, -0.15) is 0 Å². The van der Waals surface area contributed by atoms with E-state index in [-0.39, 0.29) is 0 Å². The van der Waals surface area contributed by atoms with Gasteiger partial charge in [-0.3, -0.25) is 4.21 Å². The van der Waals surface area contributed by atoms with E-state index in [4.69, 9.17) is 5.73 Å². The molecule has 0 fully saturated rings. The van der Waals surface area contributed by atoms with Gasteiger partial charge in [0.15, 0.2) is 5.16 Å². The van der Waals surface area contributed by atoms with Crippen molar-refractivity contribution in [2.45, 2.75) is 44.7 Å². The molecule has 4 nitrogen and oxygen atoms in total.